The number of rotatable bonds is 5. The van der Waals surface area contributed by atoms with E-state index >= 15 is 0 Å². The minimum atomic E-state index is -0.199. The van der Waals surface area contributed by atoms with Gasteiger partial charge in [0, 0.05) is 11.9 Å². The number of nitrogen functional groups attached to an aromatic ring is 1. The van der Waals surface area contributed by atoms with Gasteiger partial charge in [0.1, 0.15) is 5.82 Å². The van der Waals surface area contributed by atoms with Crippen molar-refractivity contribution in [1.29, 1.82) is 0 Å². The number of anilines is 1. The third-order valence-electron chi connectivity index (χ3n) is 1.57. The van der Waals surface area contributed by atoms with Gasteiger partial charge in [0.2, 0.25) is 0 Å². The third-order valence-corrected chi connectivity index (χ3v) is 2.48. The van der Waals surface area contributed by atoms with Crippen molar-refractivity contribution >= 4 is 23.5 Å². The summed E-state index contributed by atoms with van der Waals surface area (Å²) in [6, 6.07) is 1.74. The number of hydrogen-bond donors (Lipinski definition) is 1. The summed E-state index contributed by atoms with van der Waals surface area (Å²) in [4.78, 5) is 10.7. The highest BCUT2D eigenvalue weighted by atomic mass is 32.2. The molecule has 0 spiro atoms. The van der Waals surface area contributed by atoms with Crippen molar-refractivity contribution in [2.75, 3.05) is 24.3 Å². The molecule has 0 aliphatic rings. The Balaban J connectivity index is 2.13. The number of aromatic nitrogens is 2. The zero-order valence-corrected chi connectivity index (χ0v) is 8.79. The van der Waals surface area contributed by atoms with E-state index in [0.717, 1.165) is 12.3 Å². The van der Waals surface area contributed by atoms with Crippen LogP contribution in [-0.4, -0.2) is 34.4 Å². The van der Waals surface area contributed by atoms with Crippen molar-refractivity contribution in [2.45, 2.75) is 6.54 Å². The van der Waals surface area contributed by atoms with Gasteiger partial charge in [-0.2, -0.15) is 5.10 Å². The normalized spacial score (nSPS) is 10.1. The van der Waals surface area contributed by atoms with E-state index in [0.29, 0.717) is 11.6 Å². The highest BCUT2D eigenvalue weighted by molar-refractivity contribution is 7.99. The molecule has 5 nitrogen and oxygen atoms in total. The molecule has 2 N–H and O–H groups in total. The van der Waals surface area contributed by atoms with E-state index in [-0.39, 0.29) is 5.97 Å². The molecule has 14 heavy (non-hydrogen) atoms. The van der Waals surface area contributed by atoms with E-state index in [9.17, 15) is 4.79 Å². The number of aryl methyl sites for hydroxylation is 1. The summed E-state index contributed by atoms with van der Waals surface area (Å²) >= 11 is 1.51. The Hall–Kier alpha value is -1.17. The van der Waals surface area contributed by atoms with Crippen LogP contribution >= 0.6 is 11.8 Å². The Morgan fingerprint density at radius 1 is 1.79 bits per heavy atom. The first-order valence-corrected chi connectivity index (χ1v) is 5.31. The second kappa shape index (κ2) is 5.54. The van der Waals surface area contributed by atoms with Crippen LogP contribution in [0.25, 0.3) is 0 Å². The molecule has 0 atom stereocenters. The van der Waals surface area contributed by atoms with Crippen LogP contribution in [0.15, 0.2) is 12.3 Å². The van der Waals surface area contributed by atoms with Crippen molar-refractivity contribution in [3.63, 3.8) is 0 Å². The van der Waals surface area contributed by atoms with Gasteiger partial charge < -0.3 is 10.5 Å². The molecule has 1 heterocycles. The Morgan fingerprint density at radius 3 is 3.14 bits per heavy atom. The van der Waals surface area contributed by atoms with Crippen LogP contribution in [0.4, 0.5) is 5.82 Å². The van der Waals surface area contributed by atoms with E-state index in [4.69, 9.17) is 5.73 Å². The Bertz CT molecular complexity index is 301. The maximum absolute atomic E-state index is 10.7. The van der Waals surface area contributed by atoms with Gasteiger partial charge in [0.25, 0.3) is 0 Å². The molecule has 78 valence electrons. The molecule has 0 bridgehead atoms. The van der Waals surface area contributed by atoms with Gasteiger partial charge in [0.15, 0.2) is 0 Å². The number of hydrogen-bond acceptors (Lipinski definition) is 5. The topological polar surface area (TPSA) is 70.1 Å². The van der Waals surface area contributed by atoms with Gasteiger partial charge in [-0.15, -0.1) is 11.8 Å². The van der Waals surface area contributed by atoms with Gasteiger partial charge in [-0.1, -0.05) is 0 Å². The second-order valence-electron chi connectivity index (χ2n) is 2.63. The molecule has 0 fully saturated rings. The van der Waals surface area contributed by atoms with Gasteiger partial charge in [-0.3, -0.25) is 9.48 Å². The fourth-order valence-electron chi connectivity index (χ4n) is 0.874. The van der Waals surface area contributed by atoms with E-state index in [2.05, 4.69) is 9.84 Å². The highest BCUT2D eigenvalue weighted by Gasteiger charge is 2.00. The lowest BCUT2D eigenvalue weighted by atomic mass is 10.7. The van der Waals surface area contributed by atoms with E-state index in [1.165, 1.54) is 18.9 Å². The number of thioether (sulfide) groups is 1. The van der Waals surface area contributed by atoms with Crippen LogP contribution in [0.5, 0.6) is 0 Å². The van der Waals surface area contributed by atoms with Crippen molar-refractivity contribution < 1.29 is 9.53 Å². The van der Waals surface area contributed by atoms with Crippen LogP contribution in [0, 0.1) is 0 Å². The summed E-state index contributed by atoms with van der Waals surface area (Å²) in [6.45, 7) is 0.749. The van der Waals surface area contributed by atoms with Gasteiger partial charge >= 0.3 is 5.97 Å². The Morgan fingerprint density at radius 2 is 2.57 bits per heavy atom. The fraction of sp³-hybridized carbons (Fsp3) is 0.500. The van der Waals surface area contributed by atoms with Crippen LogP contribution in [0.3, 0.4) is 0 Å². The zero-order chi connectivity index (χ0) is 10.4. The van der Waals surface area contributed by atoms with Crippen molar-refractivity contribution in [1.82, 2.24) is 9.78 Å². The average Bonchev–Trinajstić information content (AvgIpc) is 2.58. The summed E-state index contributed by atoms with van der Waals surface area (Å²) in [5.74, 6) is 1.52. The minimum Gasteiger partial charge on any atom is -0.468 e. The fourth-order valence-corrected chi connectivity index (χ4v) is 1.62. The monoisotopic (exact) mass is 215 g/mol. The molecule has 0 aromatic carbocycles. The predicted octanol–water partition coefficient (Wildman–Crippen LogP) is 0.371. The first-order chi connectivity index (χ1) is 6.72. The zero-order valence-electron chi connectivity index (χ0n) is 7.97. The maximum atomic E-state index is 10.7. The van der Waals surface area contributed by atoms with E-state index in [1.807, 2.05) is 6.20 Å². The SMILES string of the molecule is COC(=O)CSCCn1ccc(N)n1. The second-order valence-corrected chi connectivity index (χ2v) is 3.74. The van der Waals surface area contributed by atoms with Crippen molar-refractivity contribution in [3.8, 4) is 0 Å². The summed E-state index contributed by atoms with van der Waals surface area (Å²) < 4.78 is 6.25. The van der Waals surface area contributed by atoms with Crippen molar-refractivity contribution in [3.05, 3.63) is 12.3 Å². The molecular formula is C8H13N3O2S. The lowest BCUT2D eigenvalue weighted by molar-refractivity contribution is -0.137. The standard InChI is InChI=1S/C8H13N3O2S/c1-13-8(12)6-14-5-4-11-3-2-7(9)10-11/h2-3H,4-6H2,1H3,(H2,9,10). The van der Waals surface area contributed by atoms with Gasteiger partial charge in [-0.05, 0) is 6.07 Å². The Labute approximate surface area is 86.6 Å². The molecule has 0 radical (unpaired) electrons. The van der Waals surface area contributed by atoms with Crippen LogP contribution in [0.1, 0.15) is 0 Å². The number of nitrogens with two attached hydrogens (primary N) is 1. The first kappa shape index (κ1) is 10.9. The van der Waals surface area contributed by atoms with Crippen LogP contribution < -0.4 is 5.73 Å². The van der Waals surface area contributed by atoms with Crippen LogP contribution in [-0.2, 0) is 16.1 Å². The van der Waals surface area contributed by atoms with Crippen molar-refractivity contribution in [2.24, 2.45) is 0 Å². The number of esters is 1. The molecule has 1 aromatic rings. The molecule has 0 aliphatic carbocycles. The summed E-state index contributed by atoms with van der Waals surface area (Å²) in [7, 11) is 1.39. The molecule has 0 saturated heterocycles. The van der Waals surface area contributed by atoms with Crippen LogP contribution in [0.2, 0.25) is 0 Å². The number of nitrogens with zero attached hydrogens (tertiary/aromatic N) is 2. The molecule has 0 unspecified atom stereocenters. The molecule has 1 aromatic heterocycles. The van der Waals surface area contributed by atoms with Gasteiger partial charge in [0.05, 0.1) is 19.4 Å². The molecule has 0 amide bonds. The van der Waals surface area contributed by atoms with Gasteiger partial charge in [-0.25, -0.2) is 0 Å². The largest absolute Gasteiger partial charge is 0.468 e. The third kappa shape index (κ3) is 3.69. The summed E-state index contributed by atoms with van der Waals surface area (Å²) in [5, 5.41) is 4.01. The Kier molecular flexibility index (Phi) is 4.31. The molecular weight excluding hydrogens is 202 g/mol. The lowest BCUT2D eigenvalue weighted by Crippen LogP contribution is -2.07. The average molecular weight is 215 g/mol. The number of methoxy groups -OCH3 is 1. The molecule has 0 saturated carbocycles. The smallest absolute Gasteiger partial charge is 0.315 e. The predicted molar refractivity (Wildman–Crippen MR) is 56.0 cm³/mol. The molecule has 0 aliphatic heterocycles. The highest BCUT2D eigenvalue weighted by Crippen LogP contribution is 2.03. The maximum Gasteiger partial charge on any atom is 0.315 e. The lowest BCUT2D eigenvalue weighted by Gasteiger charge is -2.00. The molecule has 1 rings (SSSR count). The minimum absolute atomic E-state index is 0.199. The van der Waals surface area contributed by atoms with E-state index in [1.54, 1.807) is 10.7 Å². The number of ether oxygens (including phenoxy) is 1. The van der Waals surface area contributed by atoms with E-state index < -0.39 is 0 Å². The summed E-state index contributed by atoms with van der Waals surface area (Å²) in [5.41, 5.74) is 5.44. The first-order valence-electron chi connectivity index (χ1n) is 4.16. The number of carbonyl (C=O) groups is 1. The number of carbonyl (C=O) groups excluding carboxylic acids is 1. The molecule has 6 heteroatoms. The quantitative estimate of drug-likeness (QED) is 0.567. The summed E-state index contributed by atoms with van der Waals surface area (Å²) in [6.07, 6.45) is 1.81.